The number of aliphatic hydroxyl groups is 7. The third kappa shape index (κ3) is 33.4. The second-order valence-electron chi connectivity index (χ2n) is 20.0. The largest absolute Gasteiger partial charge is 0.394 e. The smallest absolute Gasteiger partial charge is 0.249 e. The van der Waals surface area contributed by atoms with E-state index in [1.165, 1.54) is 193 Å². The van der Waals surface area contributed by atoms with Gasteiger partial charge in [-0.1, -0.05) is 238 Å². The molecule has 8 N–H and O–H groups in total. The van der Waals surface area contributed by atoms with Gasteiger partial charge in [-0.05, 0) is 38.5 Å². The molecule has 1 fully saturated rings. The second kappa shape index (κ2) is 45.0. The molecule has 0 aromatic rings. The Morgan fingerprint density at radius 2 is 0.879 bits per heavy atom. The van der Waals surface area contributed by atoms with Gasteiger partial charge >= 0.3 is 0 Å². The Morgan fingerprint density at radius 1 is 0.515 bits per heavy atom. The van der Waals surface area contributed by atoms with Gasteiger partial charge in [-0.15, -0.1) is 0 Å². The van der Waals surface area contributed by atoms with Crippen molar-refractivity contribution in [1.29, 1.82) is 0 Å². The van der Waals surface area contributed by atoms with Gasteiger partial charge < -0.3 is 50.5 Å². The molecule has 1 saturated heterocycles. The van der Waals surface area contributed by atoms with E-state index in [1.807, 2.05) is 6.92 Å². The van der Waals surface area contributed by atoms with Crippen LogP contribution in [-0.4, -0.2) is 110 Å². The Kier molecular flexibility index (Phi) is 42.9. The average molecular weight is 942 g/mol. The van der Waals surface area contributed by atoms with Crippen molar-refractivity contribution in [2.45, 2.75) is 319 Å². The highest BCUT2D eigenvalue weighted by Crippen LogP contribution is 2.23. The molecule has 1 rings (SSSR count). The zero-order valence-electron chi connectivity index (χ0n) is 42.7. The number of rotatable bonds is 48. The van der Waals surface area contributed by atoms with Gasteiger partial charge in [-0.3, -0.25) is 4.79 Å². The molecule has 9 unspecified atom stereocenters. The van der Waals surface area contributed by atoms with Crippen LogP contribution < -0.4 is 5.32 Å². The summed E-state index contributed by atoms with van der Waals surface area (Å²) in [6, 6.07) is -1.16. The van der Waals surface area contributed by atoms with E-state index in [4.69, 9.17) is 9.47 Å². The molecule has 0 aliphatic carbocycles. The quantitative estimate of drug-likeness (QED) is 0.0215. The summed E-state index contributed by atoms with van der Waals surface area (Å²) in [6.45, 7) is 3.26. The molecule has 11 nitrogen and oxygen atoms in total. The average Bonchev–Trinajstić information content (AvgIpc) is 3.32. The van der Waals surface area contributed by atoms with Gasteiger partial charge in [0.1, 0.15) is 36.6 Å². The number of amides is 1. The van der Waals surface area contributed by atoms with Gasteiger partial charge in [0.25, 0.3) is 0 Å². The zero-order valence-corrected chi connectivity index (χ0v) is 42.7. The van der Waals surface area contributed by atoms with Crippen LogP contribution in [0.1, 0.15) is 264 Å². The van der Waals surface area contributed by atoms with Crippen LogP contribution in [0.4, 0.5) is 0 Å². The van der Waals surface area contributed by atoms with Crippen molar-refractivity contribution in [2.75, 3.05) is 13.2 Å². The van der Waals surface area contributed by atoms with Crippen molar-refractivity contribution in [1.82, 2.24) is 5.32 Å². The summed E-state index contributed by atoms with van der Waals surface area (Å²) in [5.74, 6) is -0.703. The molecule has 0 radical (unpaired) electrons. The Bertz CT molecular complexity index is 1080. The predicted molar refractivity (Wildman–Crippen MR) is 270 cm³/mol. The number of hydrogen-bond donors (Lipinski definition) is 8. The topological polar surface area (TPSA) is 189 Å². The molecule has 66 heavy (non-hydrogen) atoms. The molecule has 392 valence electrons. The number of carbonyl (C=O) groups excluding carboxylic acids is 1. The number of hydrogen-bond acceptors (Lipinski definition) is 10. The molecule has 1 heterocycles. The van der Waals surface area contributed by atoms with Crippen molar-refractivity contribution >= 4 is 5.91 Å². The molecule has 1 aliphatic rings. The molecule has 0 bridgehead atoms. The third-order valence-electron chi connectivity index (χ3n) is 13.8. The van der Waals surface area contributed by atoms with Gasteiger partial charge in [-0.25, -0.2) is 0 Å². The standard InChI is InChI=1S/C55H107NO10/c1-3-5-7-8-9-10-11-12-13-14-15-16-17-18-19-20-21-22-23-24-25-26-27-28-29-30-31-32-33-34-35-36-37-38-39-41-43-48(59)54(64)56-46(50(60)47(58)42-40-6-4-2)45-65-55-53(63)52(62)51(61)49(44-57)66-55/h22-23,46-53,55,57-63H,3-21,24-45H2,1-2H3,(H,56,64)/b23-22-. The highest BCUT2D eigenvalue weighted by molar-refractivity contribution is 5.80. The van der Waals surface area contributed by atoms with Gasteiger partial charge in [-0.2, -0.15) is 0 Å². The van der Waals surface area contributed by atoms with E-state index in [0.717, 1.165) is 32.1 Å². The number of aliphatic hydroxyl groups excluding tert-OH is 7. The maximum atomic E-state index is 13.0. The summed E-state index contributed by atoms with van der Waals surface area (Å²) in [7, 11) is 0. The number of nitrogens with one attached hydrogen (secondary N) is 1. The summed E-state index contributed by atoms with van der Waals surface area (Å²) >= 11 is 0. The lowest BCUT2D eigenvalue weighted by atomic mass is 9.98. The minimum atomic E-state index is -1.66. The first kappa shape index (κ1) is 62.9. The maximum absolute atomic E-state index is 13.0. The first-order chi connectivity index (χ1) is 32.2. The second-order valence-corrected chi connectivity index (χ2v) is 20.0. The Labute approximate surface area is 404 Å². The van der Waals surface area contributed by atoms with E-state index in [9.17, 15) is 40.5 Å². The lowest BCUT2D eigenvalue weighted by molar-refractivity contribution is -0.303. The lowest BCUT2D eigenvalue weighted by Gasteiger charge is -2.40. The van der Waals surface area contributed by atoms with Crippen LogP contribution >= 0.6 is 0 Å². The number of carbonyl (C=O) groups is 1. The van der Waals surface area contributed by atoms with E-state index in [0.29, 0.717) is 19.3 Å². The minimum absolute atomic E-state index is 0.262. The third-order valence-corrected chi connectivity index (χ3v) is 13.8. The number of ether oxygens (including phenoxy) is 2. The van der Waals surface area contributed by atoms with Crippen molar-refractivity contribution in [3.63, 3.8) is 0 Å². The van der Waals surface area contributed by atoms with Crippen molar-refractivity contribution < 1.29 is 50.0 Å². The van der Waals surface area contributed by atoms with Crippen LogP contribution in [0.3, 0.4) is 0 Å². The van der Waals surface area contributed by atoms with Crippen LogP contribution in [0.5, 0.6) is 0 Å². The number of unbranched alkanes of at least 4 members (excludes halogenated alkanes) is 34. The van der Waals surface area contributed by atoms with Gasteiger partial charge in [0.2, 0.25) is 5.91 Å². The first-order valence-electron chi connectivity index (χ1n) is 28.1. The van der Waals surface area contributed by atoms with Crippen LogP contribution in [0.25, 0.3) is 0 Å². The molecule has 11 heteroatoms. The fourth-order valence-corrected chi connectivity index (χ4v) is 9.20. The van der Waals surface area contributed by atoms with Crippen molar-refractivity contribution in [2.24, 2.45) is 0 Å². The molecule has 0 spiro atoms. The number of allylic oxidation sites excluding steroid dienone is 2. The first-order valence-corrected chi connectivity index (χ1v) is 28.1. The maximum Gasteiger partial charge on any atom is 0.249 e. The molecule has 1 amide bonds. The highest BCUT2D eigenvalue weighted by Gasteiger charge is 2.44. The minimum Gasteiger partial charge on any atom is -0.394 e. The SMILES string of the molecule is CCCCCCCCCCCCCCCCCC/C=C\CCCCCCCCCCCCCCCCCCC(O)C(=O)NC(COC1OC(CO)C(O)C(O)C1O)C(O)C(O)CCCCC. The van der Waals surface area contributed by atoms with Gasteiger partial charge in [0, 0.05) is 0 Å². The van der Waals surface area contributed by atoms with E-state index in [-0.39, 0.29) is 6.42 Å². The van der Waals surface area contributed by atoms with Crippen LogP contribution in [0.15, 0.2) is 12.2 Å². The summed E-state index contributed by atoms with van der Waals surface area (Å²) in [6.07, 6.45) is 41.5. The highest BCUT2D eigenvalue weighted by atomic mass is 16.7. The predicted octanol–water partition coefficient (Wildman–Crippen LogP) is 11.2. The van der Waals surface area contributed by atoms with E-state index < -0.39 is 74.2 Å². The molecule has 0 aromatic carbocycles. The monoisotopic (exact) mass is 942 g/mol. The Morgan fingerprint density at radius 3 is 1.29 bits per heavy atom. The van der Waals surface area contributed by atoms with Crippen LogP contribution in [0, 0.1) is 0 Å². The summed E-state index contributed by atoms with van der Waals surface area (Å²) in [4.78, 5) is 13.0. The van der Waals surface area contributed by atoms with Crippen LogP contribution in [-0.2, 0) is 14.3 Å². The molecular weight excluding hydrogens is 835 g/mol. The van der Waals surface area contributed by atoms with Crippen LogP contribution in [0.2, 0.25) is 0 Å². The van der Waals surface area contributed by atoms with E-state index >= 15 is 0 Å². The van der Waals surface area contributed by atoms with Gasteiger partial charge in [0.05, 0.1) is 25.4 Å². The molecule has 0 saturated carbocycles. The van der Waals surface area contributed by atoms with Gasteiger partial charge in [0.15, 0.2) is 6.29 Å². The summed E-state index contributed by atoms with van der Waals surface area (Å²) in [5, 5.41) is 74.8. The molecule has 9 atom stereocenters. The Balaban J connectivity index is 1.99. The fraction of sp³-hybridized carbons (Fsp3) is 0.945. The van der Waals surface area contributed by atoms with Crippen molar-refractivity contribution in [3.05, 3.63) is 12.2 Å². The zero-order chi connectivity index (χ0) is 48.3. The molecule has 1 aliphatic heterocycles. The Hall–Kier alpha value is -1.15. The lowest BCUT2D eigenvalue weighted by Crippen LogP contribution is -2.60. The van der Waals surface area contributed by atoms with E-state index in [2.05, 4.69) is 24.4 Å². The molecule has 0 aromatic heterocycles. The molecular formula is C55H107NO10. The summed E-state index contributed by atoms with van der Waals surface area (Å²) < 4.78 is 11.0. The normalized spacial score (nSPS) is 20.8. The van der Waals surface area contributed by atoms with E-state index in [1.54, 1.807) is 0 Å². The summed E-state index contributed by atoms with van der Waals surface area (Å²) in [5.41, 5.74) is 0. The van der Waals surface area contributed by atoms with Crippen molar-refractivity contribution in [3.8, 4) is 0 Å². The fourth-order valence-electron chi connectivity index (χ4n) is 9.20.